The lowest BCUT2D eigenvalue weighted by Gasteiger charge is -1.99. The van der Waals surface area contributed by atoms with Gasteiger partial charge in [0.15, 0.2) is 0 Å². The quantitative estimate of drug-likeness (QED) is 0.669. The van der Waals surface area contributed by atoms with Crippen LogP contribution in [0.2, 0.25) is 0 Å². The number of hydrogen-bond acceptors (Lipinski definition) is 3. The van der Waals surface area contributed by atoms with Gasteiger partial charge in [0.05, 0.1) is 5.57 Å². The Kier molecular flexibility index (Phi) is 4.01. The molecule has 86 valence electrons. The molecule has 2 aromatic rings. The van der Waals surface area contributed by atoms with Gasteiger partial charge in [0.2, 0.25) is 0 Å². The van der Waals surface area contributed by atoms with Crippen LogP contribution in [0, 0.1) is 0 Å². The van der Waals surface area contributed by atoms with Gasteiger partial charge >= 0.3 is 5.97 Å². The number of hydrogen-bond donors (Lipinski definition) is 1. The summed E-state index contributed by atoms with van der Waals surface area (Å²) in [5.41, 5.74) is 0.342. The molecular weight excluding hydrogens is 252 g/mol. The van der Waals surface area contributed by atoms with Crippen molar-refractivity contribution in [3.8, 4) is 0 Å². The number of aliphatic carboxylic acids is 1. The summed E-state index contributed by atoms with van der Waals surface area (Å²) in [4.78, 5) is 13.0. The van der Waals surface area contributed by atoms with Crippen LogP contribution in [0.4, 0.5) is 0 Å². The molecule has 17 heavy (non-hydrogen) atoms. The van der Waals surface area contributed by atoms with E-state index in [0.29, 0.717) is 5.57 Å². The van der Waals surface area contributed by atoms with E-state index < -0.39 is 5.97 Å². The van der Waals surface area contributed by atoms with E-state index in [1.807, 2.05) is 47.8 Å². The molecule has 0 saturated carbocycles. The first kappa shape index (κ1) is 12.0. The number of thiophene rings is 1. The predicted molar refractivity (Wildman–Crippen MR) is 72.2 cm³/mol. The van der Waals surface area contributed by atoms with Crippen LogP contribution in [0.25, 0.3) is 5.57 Å². The van der Waals surface area contributed by atoms with Crippen molar-refractivity contribution in [2.45, 2.75) is 4.90 Å². The highest BCUT2D eigenvalue weighted by molar-refractivity contribution is 8.02. The predicted octanol–water partition coefficient (Wildman–Crippen LogP) is 3.97. The van der Waals surface area contributed by atoms with Gasteiger partial charge in [-0.3, -0.25) is 0 Å². The summed E-state index contributed by atoms with van der Waals surface area (Å²) in [5.74, 6) is -0.893. The molecule has 0 aliphatic rings. The number of thioether (sulfide) groups is 1. The van der Waals surface area contributed by atoms with Gasteiger partial charge in [-0.15, -0.1) is 11.3 Å². The van der Waals surface area contributed by atoms with E-state index in [2.05, 4.69) is 0 Å². The van der Waals surface area contributed by atoms with E-state index in [1.54, 1.807) is 5.41 Å². The lowest BCUT2D eigenvalue weighted by Crippen LogP contribution is -1.96. The fourth-order valence-corrected chi connectivity index (χ4v) is 2.88. The minimum Gasteiger partial charge on any atom is -0.478 e. The summed E-state index contributed by atoms with van der Waals surface area (Å²) < 4.78 is 0. The van der Waals surface area contributed by atoms with Crippen LogP contribution in [-0.4, -0.2) is 11.1 Å². The van der Waals surface area contributed by atoms with Gasteiger partial charge in [-0.1, -0.05) is 36.0 Å². The van der Waals surface area contributed by atoms with Crippen molar-refractivity contribution in [1.29, 1.82) is 0 Å². The summed E-state index contributed by atoms with van der Waals surface area (Å²) in [7, 11) is 0. The molecule has 0 aliphatic carbocycles. The minimum absolute atomic E-state index is 0.342. The van der Waals surface area contributed by atoms with Crippen molar-refractivity contribution >= 4 is 34.6 Å². The van der Waals surface area contributed by atoms with Crippen LogP contribution < -0.4 is 0 Å². The lowest BCUT2D eigenvalue weighted by atomic mass is 10.2. The fraction of sp³-hybridized carbons (Fsp3) is 0. The molecule has 2 rings (SSSR count). The molecule has 0 saturated heterocycles. The van der Waals surface area contributed by atoms with Crippen LogP contribution >= 0.6 is 23.1 Å². The number of rotatable bonds is 4. The monoisotopic (exact) mass is 262 g/mol. The van der Waals surface area contributed by atoms with Crippen LogP contribution in [0.5, 0.6) is 0 Å². The number of benzene rings is 1. The molecule has 0 atom stereocenters. The molecule has 0 bridgehead atoms. The molecule has 0 radical (unpaired) electrons. The van der Waals surface area contributed by atoms with Crippen molar-refractivity contribution in [3.05, 3.63) is 58.1 Å². The molecule has 0 aliphatic heterocycles. The number of carboxylic acids is 1. The Morgan fingerprint density at radius 1 is 1.18 bits per heavy atom. The van der Waals surface area contributed by atoms with E-state index in [-0.39, 0.29) is 0 Å². The van der Waals surface area contributed by atoms with Gasteiger partial charge in [0, 0.05) is 9.77 Å². The smallest absolute Gasteiger partial charge is 0.337 e. The van der Waals surface area contributed by atoms with E-state index in [0.717, 1.165) is 9.77 Å². The van der Waals surface area contributed by atoms with Crippen LogP contribution in [0.15, 0.2) is 58.1 Å². The van der Waals surface area contributed by atoms with Crippen molar-refractivity contribution in [2.75, 3.05) is 0 Å². The van der Waals surface area contributed by atoms with Gasteiger partial charge in [0.25, 0.3) is 0 Å². The zero-order valence-corrected chi connectivity index (χ0v) is 10.5. The average molecular weight is 262 g/mol. The van der Waals surface area contributed by atoms with Crippen LogP contribution in [0.3, 0.4) is 0 Å². The molecule has 0 unspecified atom stereocenters. The summed E-state index contributed by atoms with van der Waals surface area (Å²) in [5, 5.41) is 12.7. The zero-order chi connectivity index (χ0) is 12.1. The van der Waals surface area contributed by atoms with Crippen molar-refractivity contribution in [1.82, 2.24) is 0 Å². The third-order valence-electron chi connectivity index (χ3n) is 2.07. The third-order valence-corrected chi connectivity index (χ3v) is 3.87. The molecular formula is C13H10O2S2. The van der Waals surface area contributed by atoms with Crippen molar-refractivity contribution < 1.29 is 9.90 Å². The molecule has 1 aromatic heterocycles. The maximum absolute atomic E-state index is 11.1. The lowest BCUT2D eigenvalue weighted by molar-refractivity contribution is -0.130. The Morgan fingerprint density at radius 2 is 1.94 bits per heavy atom. The topological polar surface area (TPSA) is 37.3 Å². The highest BCUT2D eigenvalue weighted by atomic mass is 32.2. The average Bonchev–Trinajstić information content (AvgIpc) is 2.84. The summed E-state index contributed by atoms with van der Waals surface area (Å²) in [6, 6.07) is 13.4. The first-order chi connectivity index (χ1) is 8.27. The molecule has 2 nitrogen and oxygen atoms in total. The Hall–Kier alpha value is -1.52. The maximum atomic E-state index is 11.1. The normalized spacial score (nSPS) is 11.4. The highest BCUT2D eigenvalue weighted by Crippen LogP contribution is 2.27. The van der Waals surface area contributed by atoms with Gasteiger partial charge in [-0.2, -0.15) is 0 Å². The van der Waals surface area contributed by atoms with Crippen molar-refractivity contribution in [3.63, 3.8) is 0 Å². The van der Waals surface area contributed by atoms with E-state index in [1.165, 1.54) is 23.1 Å². The minimum atomic E-state index is -0.893. The van der Waals surface area contributed by atoms with E-state index in [4.69, 9.17) is 5.11 Å². The molecule has 0 amide bonds. The van der Waals surface area contributed by atoms with Gasteiger partial charge in [0.1, 0.15) is 0 Å². The van der Waals surface area contributed by atoms with E-state index >= 15 is 0 Å². The maximum Gasteiger partial charge on any atom is 0.337 e. The molecule has 0 spiro atoms. The van der Waals surface area contributed by atoms with Crippen molar-refractivity contribution in [2.24, 2.45) is 0 Å². The Morgan fingerprint density at radius 3 is 2.53 bits per heavy atom. The SMILES string of the molecule is O=C(O)/C(=C/Sc1ccccc1)c1cccs1. The van der Waals surface area contributed by atoms with Crippen LogP contribution in [-0.2, 0) is 4.79 Å². The Balaban J connectivity index is 2.21. The van der Waals surface area contributed by atoms with Gasteiger partial charge < -0.3 is 5.11 Å². The van der Waals surface area contributed by atoms with Gasteiger partial charge in [-0.05, 0) is 29.0 Å². The standard InChI is InChI=1S/C13H10O2S2/c14-13(15)11(12-7-4-8-16-12)9-17-10-5-2-1-3-6-10/h1-9H,(H,14,15)/b11-9+. The Bertz CT molecular complexity index is 516. The second-order valence-corrected chi connectivity index (χ2v) is 5.14. The molecule has 4 heteroatoms. The molecule has 0 fully saturated rings. The Labute approximate surface area is 108 Å². The van der Waals surface area contributed by atoms with Gasteiger partial charge in [-0.25, -0.2) is 4.79 Å². The molecule has 1 N–H and O–H groups in total. The van der Waals surface area contributed by atoms with Crippen LogP contribution in [0.1, 0.15) is 4.88 Å². The van der Waals surface area contributed by atoms with E-state index in [9.17, 15) is 4.79 Å². The molecule has 1 aromatic carbocycles. The molecule has 1 heterocycles. The summed E-state index contributed by atoms with van der Waals surface area (Å²) >= 11 is 2.85. The second kappa shape index (κ2) is 5.70. The second-order valence-electron chi connectivity index (χ2n) is 3.24. The summed E-state index contributed by atoms with van der Waals surface area (Å²) in [6.45, 7) is 0. The summed E-state index contributed by atoms with van der Waals surface area (Å²) in [6.07, 6.45) is 0. The highest BCUT2D eigenvalue weighted by Gasteiger charge is 2.10. The number of carbonyl (C=O) groups is 1. The zero-order valence-electron chi connectivity index (χ0n) is 8.87. The third kappa shape index (κ3) is 3.22. The first-order valence-electron chi connectivity index (χ1n) is 4.96. The largest absolute Gasteiger partial charge is 0.478 e. The number of carboxylic acid groups (broad SMARTS) is 1. The first-order valence-corrected chi connectivity index (χ1v) is 6.72. The fourth-order valence-electron chi connectivity index (χ4n) is 1.27.